The van der Waals surface area contributed by atoms with E-state index in [9.17, 15) is 14.4 Å². The van der Waals surface area contributed by atoms with Crippen LogP contribution in [-0.4, -0.2) is 29.4 Å². The van der Waals surface area contributed by atoms with E-state index < -0.39 is 23.4 Å². The number of fused-ring (bicyclic) bond motifs is 5. The zero-order valence-electron chi connectivity index (χ0n) is 18.5. The Morgan fingerprint density at radius 3 is 2.15 bits per heavy atom. The number of carbonyl (C=O) groups excluding carboxylic acids is 3. The van der Waals surface area contributed by atoms with Crippen molar-refractivity contribution in [3.05, 3.63) is 107 Å². The lowest BCUT2D eigenvalue weighted by Crippen LogP contribution is -2.48. The monoisotopic (exact) mass is 433 g/mol. The van der Waals surface area contributed by atoms with Crippen molar-refractivity contribution in [1.82, 2.24) is 0 Å². The second kappa shape index (κ2) is 6.85. The fourth-order valence-corrected chi connectivity index (χ4v) is 6.28. The van der Waals surface area contributed by atoms with Crippen molar-refractivity contribution in [2.75, 3.05) is 4.90 Å². The molecule has 1 aliphatic carbocycles. The SMILES string of the molecule is CC(=O)[C@H]1[C@H](c2ccccc2)C2(C(=O)c3ccccc3C2=O)C2C=Cc3cc(C)ccc3N21. The molecule has 0 N–H and O–H groups in total. The van der Waals surface area contributed by atoms with Crippen molar-refractivity contribution < 1.29 is 14.4 Å². The van der Waals surface area contributed by atoms with Gasteiger partial charge < -0.3 is 4.90 Å². The van der Waals surface area contributed by atoms with Gasteiger partial charge in [-0.25, -0.2) is 0 Å². The van der Waals surface area contributed by atoms with Gasteiger partial charge in [-0.3, -0.25) is 14.4 Å². The van der Waals surface area contributed by atoms with Crippen LogP contribution in [-0.2, 0) is 4.79 Å². The highest BCUT2D eigenvalue weighted by Crippen LogP contribution is 2.60. The van der Waals surface area contributed by atoms with Gasteiger partial charge in [-0.15, -0.1) is 0 Å². The Hall–Kier alpha value is -3.79. The van der Waals surface area contributed by atoms with Crippen molar-refractivity contribution in [3.63, 3.8) is 0 Å². The van der Waals surface area contributed by atoms with Gasteiger partial charge in [-0.1, -0.05) is 78.4 Å². The molecule has 2 heterocycles. The molecule has 0 amide bonds. The van der Waals surface area contributed by atoms with E-state index in [0.717, 1.165) is 22.4 Å². The van der Waals surface area contributed by atoms with Gasteiger partial charge in [0.2, 0.25) is 0 Å². The minimum absolute atomic E-state index is 0.0518. The molecule has 1 fully saturated rings. The van der Waals surface area contributed by atoms with E-state index in [4.69, 9.17) is 0 Å². The third-order valence-electron chi connectivity index (χ3n) is 7.53. The molecule has 2 aliphatic heterocycles. The van der Waals surface area contributed by atoms with Crippen molar-refractivity contribution in [1.29, 1.82) is 0 Å². The maximum absolute atomic E-state index is 14.2. The molecule has 1 saturated heterocycles. The van der Waals surface area contributed by atoms with Gasteiger partial charge in [0.25, 0.3) is 0 Å². The van der Waals surface area contributed by atoms with Crippen molar-refractivity contribution in [2.45, 2.75) is 31.8 Å². The van der Waals surface area contributed by atoms with Crippen molar-refractivity contribution in [2.24, 2.45) is 5.41 Å². The van der Waals surface area contributed by atoms with Crippen molar-refractivity contribution >= 4 is 29.1 Å². The number of nitrogens with zero attached hydrogens (tertiary/aromatic N) is 1. The fourth-order valence-electron chi connectivity index (χ4n) is 6.28. The van der Waals surface area contributed by atoms with Crippen LogP contribution in [0.5, 0.6) is 0 Å². The normalized spacial score (nSPS) is 24.1. The molecule has 3 atom stereocenters. The minimum atomic E-state index is -1.39. The number of hydrogen-bond donors (Lipinski definition) is 0. The Morgan fingerprint density at radius 1 is 0.879 bits per heavy atom. The van der Waals surface area contributed by atoms with E-state index >= 15 is 0 Å². The average Bonchev–Trinajstić information content (AvgIpc) is 3.26. The Morgan fingerprint density at radius 2 is 1.52 bits per heavy atom. The third kappa shape index (κ3) is 2.44. The molecule has 162 valence electrons. The molecule has 4 heteroatoms. The largest absolute Gasteiger partial charge is 0.352 e. The first kappa shape index (κ1) is 19.9. The van der Waals surface area contributed by atoms with Gasteiger partial charge in [0.05, 0.1) is 12.1 Å². The number of rotatable bonds is 2. The van der Waals surface area contributed by atoms with Crippen LogP contribution in [0.2, 0.25) is 0 Å². The molecule has 0 radical (unpaired) electrons. The first-order valence-corrected chi connectivity index (χ1v) is 11.3. The van der Waals surface area contributed by atoms with Crippen LogP contribution in [0, 0.1) is 12.3 Å². The van der Waals surface area contributed by atoms with Gasteiger partial charge in [0.1, 0.15) is 5.41 Å². The zero-order valence-corrected chi connectivity index (χ0v) is 18.5. The van der Waals surface area contributed by atoms with E-state index in [1.807, 2.05) is 66.4 Å². The predicted octanol–water partition coefficient (Wildman–Crippen LogP) is 5.02. The van der Waals surface area contributed by atoms with Crippen LogP contribution in [0.25, 0.3) is 6.08 Å². The highest BCUT2D eigenvalue weighted by atomic mass is 16.2. The second-order valence-corrected chi connectivity index (χ2v) is 9.29. The summed E-state index contributed by atoms with van der Waals surface area (Å²) in [5.41, 5.74) is 3.36. The molecule has 0 saturated carbocycles. The first-order valence-electron chi connectivity index (χ1n) is 11.3. The summed E-state index contributed by atoms with van der Waals surface area (Å²) in [5, 5.41) is 0. The van der Waals surface area contributed by atoms with Crippen molar-refractivity contribution in [3.8, 4) is 0 Å². The summed E-state index contributed by atoms with van der Waals surface area (Å²) in [5.74, 6) is -1.01. The van der Waals surface area contributed by atoms with Crippen LogP contribution in [0.15, 0.2) is 78.9 Å². The highest BCUT2D eigenvalue weighted by Gasteiger charge is 2.71. The summed E-state index contributed by atoms with van der Waals surface area (Å²) in [7, 11) is 0. The number of anilines is 1. The highest BCUT2D eigenvalue weighted by molar-refractivity contribution is 6.32. The molecule has 6 rings (SSSR count). The molecule has 3 aliphatic rings. The summed E-state index contributed by atoms with van der Waals surface area (Å²) in [6.07, 6.45) is 3.96. The first-order chi connectivity index (χ1) is 16.0. The van der Waals surface area contributed by atoms with E-state index in [1.54, 1.807) is 31.2 Å². The van der Waals surface area contributed by atoms with Gasteiger partial charge in [0.15, 0.2) is 17.3 Å². The Bertz CT molecular complexity index is 1340. The standard InChI is InChI=1S/C29H23NO3/c1-17-12-14-23-20(16-17)13-15-24-29(27(32)21-10-6-7-11-22(21)28(29)33)25(19-8-4-3-5-9-19)26(18(2)31)30(23)24/h3-16,24-26H,1-2H3/t24?,25-,26-/m0/s1. The van der Waals surface area contributed by atoms with Crippen LogP contribution < -0.4 is 4.90 Å². The van der Waals surface area contributed by atoms with E-state index in [2.05, 4.69) is 6.07 Å². The zero-order chi connectivity index (χ0) is 22.9. The minimum Gasteiger partial charge on any atom is -0.352 e. The number of ketones is 3. The molecule has 0 bridgehead atoms. The smallest absolute Gasteiger partial charge is 0.180 e. The predicted molar refractivity (Wildman–Crippen MR) is 128 cm³/mol. The quantitative estimate of drug-likeness (QED) is 0.533. The Labute approximate surface area is 192 Å². The van der Waals surface area contributed by atoms with Gasteiger partial charge in [-0.2, -0.15) is 0 Å². The van der Waals surface area contributed by atoms with Gasteiger partial charge in [-0.05, 0) is 37.1 Å². The van der Waals surface area contributed by atoms with E-state index in [0.29, 0.717) is 11.1 Å². The number of hydrogen-bond acceptors (Lipinski definition) is 4. The van der Waals surface area contributed by atoms with Crippen LogP contribution in [0.3, 0.4) is 0 Å². The lowest BCUT2D eigenvalue weighted by Gasteiger charge is -2.37. The molecular weight excluding hydrogens is 410 g/mol. The summed E-state index contributed by atoms with van der Waals surface area (Å²) < 4.78 is 0. The molecule has 1 spiro atoms. The molecule has 1 unspecified atom stereocenters. The molecular formula is C29H23NO3. The molecule has 4 nitrogen and oxygen atoms in total. The number of Topliss-reactive ketones (excluding diaryl/α,β-unsaturated/α-hetero) is 3. The van der Waals surface area contributed by atoms with E-state index in [-0.39, 0.29) is 17.3 Å². The lowest BCUT2D eigenvalue weighted by molar-refractivity contribution is -0.118. The number of carbonyl (C=O) groups is 3. The Kier molecular flexibility index (Phi) is 4.12. The second-order valence-electron chi connectivity index (χ2n) is 9.29. The van der Waals surface area contributed by atoms with Crippen LogP contribution in [0.4, 0.5) is 5.69 Å². The maximum atomic E-state index is 14.2. The average molecular weight is 434 g/mol. The number of benzene rings is 3. The maximum Gasteiger partial charge on any atom is 0.180 e. The van der Waals surface area contributed by atoms with Gasteiger partial charge in [0, 0.05) is 22.7 Å². The molecule has 3 aromatic carbocycles. The third-order valence-corrected chi connectivity index (χ3v) is 7.53. The Balaban J connectivity index is 1.68. The molecule has 3 aromatic rings. The summed E-state index contributed by atoms with van der Waals surface area (Å²) >= 11 is 0. The van der Waals surface area contributed by atoms with Crippen LogP contribution >= 0.6 is 0 Å². The van der Waals surface area contributed by atoms with Gasteiger partial charge >= 0.3 is 0 Å². The summed E-state index contributed by atoms with van der Waals surface area (Å²) in [6.45, 7) is 3.60. The summed E-state index contributed by atoms with van der Waals surface area (Å²) in [4.78, 5) is 43.8. The number of aryl methyl sites for hydroxylation is 1. The summed E-state index contributed by atoms with van der Waals surface area (Å²) in [6, 6.07) is 21.6. The fraction of sp³-hybridized carbons (Fsp3) is 0.207. The molecule has 33 heavy (non-hydrogen) atoms. The van der Waals surface area contributed by atoms with Crippen LogP contribution in [0.1, 0.15) is 50.2 Å². The topological polar surface area (TPSA) is 54.5 Å². The molecule has 0 aromatic heterocycles. The lowest BCUT2D eigenvalue weighted by atomic mass is 9.64. The van der Waals surface area contributed by atoms with E-state index in [1.165, 1.54) is 0 Å².